The van der Waals surface area contributed by atoms with Crippen molar-refractivity contribution in [3.05, 3.63) is 59.7 Å². The van der Waals surface area contributed by atoms with E-state index in [-0.39, 0.29) is 30.4 Å². The molecule has 2 aromatic carbocycles. The van der Waals surface area contributed by atoms with E-state index in [0.717, 1.165) is 28.7 Å². The lowest BCUT2D eigenvalue weighted by Gasteiger charge is -2.29. The van der Waals surface area contributed by atoms with Crippen molar-refractivity contribution in [2.45, 2.75) is 38.6 Å². The smallest absolute Gasteiger partial charge is 0.237 e. The molecule has 7 nitrogen and oxygen atoms in total. The molecule has 9 heteroatoms. The van der Waals surface area contributed by atoms with Gasteiger partial charge in [-0.2, -0.15) is 5.26 Å². The van der Waals surface area contributed by atoms with Crippen molar-refractivity contribution in [2.75, 3.05) is 17.7 Å². The Bertz CT molecular complexity index is 1150. The van der Waals surface area contributed by atoms with E-state index < -0.39 is 41.3 Å². The van der Waals surface area contributed by atoms with E-state index in [0.29, 0.717) is 5.69 Å². The molecule has 0 saturated heterocycles. The molecule has 3 rings (SSSR count). The van der Waals surface area contributed by atoms with E-state index in [1.54, 1.807) is 24.3 Å². The number of nitrogens with zero attached hydrogens (tertiary/aromatic N) is 2. The first-order valence-electron chi connectivity index (χ1n) is 10.9. The Morgan fingerprint density at radius 1 is 1.21 bits per heavy atom. The topological polar surface area (TPSA) is 102 Å². The van der Waals surface area contributed by atoms with Gasteiger partial charge < -0.3 is 15.5 Å². The number of benzene rings is 2. The summed E-state index contributed by atoms with van der Waals surface area (Å²) in [7, 11) is 1.40. The highest BCUT2D eigenvalue weighted by Crippen LogP contribution is 2.36. The SMILES string of the molecule is CC(C)CC(C(=O)Nc1cc(F)ccc1F)C(=O)N(C)C(C#N)CC1C(=O)Nc2ccccc21. The van der Waals surface area contributed by atoms with Gasteiger partial charge in [-0.05, 0) is 42.5 Å². The first-order valence-corrected chi connectivity index (χ1v) is 10.9. The summed E-state index contributed by atoms with van der Waals surface area (Å²) in [5.41, 5.74) is 1.04. The average Bonchev–Trinajstić information content (AvgIpc) is 3.11. The highest BCUT2D eigenvalue weighted by Gasteiger charge is 2.37. The summed E-state index contributed by atoms with van der Waals surface area (Å²) in [4.78, 5) is 39.9. The Morgan fingerprint density at radius 3 is 2.59 bits per heavy atom. The zero-order chi connectivity index (χ0) is 25.0. The number of carbonyl (C=O) groups excluding carboxylic acids is 3. The number of para-hydroxylation sites is 1. The molecule has 1 aliphatic rings. The lowest BCUT2D eigenvalue weighted by molar-refractivity contribution is -0.141. The summed E-state index contributed by atoms with van der Waals surface area (Å²) in [6.07, 6.45) is 0.187. The molecule has 2 aromatic rings. The molecule has 0 radical (unpaired) electrons. The second-order valence-corrected chi connectivity index (χ2v) is 8.75. The second-order valence-electron chi connectivity index (χ2n) is 8.75. The third-order valence-electron chi connectivity index (χ3n) is 5.84. The number of halogens is 2. The molecule has 178 valence electrons. The molecule has 2 N–H and O–H groups in total. The molecule has 0 aromatic heterocycles. The van der Waals surface area contributed by atoms with Crippen molar-refractivity contribution in [1.29, 1.82) is 5.26 Å². The van der Waals surface area contributed by atoms with E-state index in [9.17, 15) is 28.4 Å². The van der Waals surface area contributed by atoms with Gasteiger partial charge in [-0.1, -0.05) is 32.0 Å². The van der Waals surface area contributed by atoms with E-state index in [2.05, 4.69) is 16.7 Å². The standard InChI is InChI=1S/C25H26F2N4O3/c1-14(2)10-19(24(33)30-22-11-15(26)8-9-20(22)27)25(34)31(3)16(13-28)12-18-17-6-4-5-7-21(17)29-23(18)32/h4-9,11,14,16,18-19H,10,12H2,1-3H3,(H,29,32)(H,30,33). The molecule has 0 saturated carbocycles. The van der Waals surface area contributed by atoms with Crippen molar-refractivity contribution in [2.24, 2.45) is 11.8 Å². The average molecular weight is 469 g/mol. The number of nitriles is 1. The Balaban J connectivity index is 1.79. The van der Waals surface area contributed by atoms with Gasteiger partial charge in [-0.3, -0.25) is 14.4 Å². The van der Waals surface area contributed by atoms with Crippen LogP contribution in [0.2, 0.25) is 0 Å². The van der Waals surface area contributed by atoms with Gasteiger partial charge in [0.1, 0.15) is 23.6 Å². The molecule has 0 fully saturated rings. The number of carbonyl (C=O) groups is 3. The van der Waals surface area contributed by atoms with Crippen molar-refractivity contribution < 1.29 is 23.2 Å². The summed E-state index contributed by atoms with van der Waals surface area (Å²) in [5.74, 6) is -5.18. The van der Waals surface area contributed by atoms with Gasteiger partial charge in [-0.15, -0.1) is 0 Å². The normalized spacial score (nSPS) is 16.3. The summed E-state index contributed by atoms with van der Waals surface area (Å²) in [6, 6.07) is 10.8. The minimum absolute atomic E-state index is 0.0517. The van der Waals surface area contributed by atoms with Crippen molar-refractivity contribution >= 4 is 29.1 Å². The largest absolute Gasteiger partial charge is 0.329 e. The maximum absolute atomic E-state index is 14.0. The van der Waals surface area contributed by atoms with Crippen LogP contribution in [-0.4, -0.2) is 35.7 Å². The van der Waals surface area contributed by atoms with Crippen LogP contribution in [0.1, 0.15) is 38.2 Å². The van der Waals surface area contributed by atoms with Gasteiger partial charge in [0.05, 0.1) is 17.7 Å². The first kappa shape index (κ1) is 24.8. The Morgan fingerprint density at radius 2 is 1.91 bits per heavy atom. The third-order valence-corrected chi connectivity index (χ3v) is 5.84. The third kappa shape index (κ3) is 5.39. The van der Waals surface area contributed by atoms with Crippen LogP contribution in [0.4, 0.5) is 20.2 Å². The number of hydrogen-bond acceptors (Lipinski definition) is 4. The van der Waals surface area contributed by atoms with Crippen molar-refractivity contribution in [3.8, 4) is 6.07 Å². The fourth-order valence-electron chi connectivity index (χ4n) is 4.03. The van der Waals surface area contributed by atoms with Crippen LogP contribution in [0.3, 0.4) is 0 Å². The van der Waals surface area contributed by atoms with Gasteiger partial charge in [0, 0.05) is 18.8 Å². The van der Waals surface area contributed by atoms with Crippen LogP contribution in [0, 0.1) is 34.8 Å². The van der Waals surface area contributed by atoms with Crippen LogP contribution in [0.15, 0.2) is 42.5 Å². The quantitative estimate of drug-likeness (QED) is 0.571. The zero-order valence-electron chi connectivity index (χ0n) is 19.1. The molecule has 3 unspecified atom stereocenters. The predicted molar refractivity (Wildman–Crippen MR) is 123 cm³/mol. The van der Waals surface area contributed by atoms with E-state index in [4.69, 9.17) is 0 Å². The van der Waals surface area contributed by atoms with Crippen LogP contribution in [0.5, 0.6) is 0 Å². The maximum atomic E-state index is 14.0. The van der Waals surface area contributed by atoms with E-state index in [1.807, 2.05) is 13.8 Å². The number of anilines is 2. The lowest BCUT2D eigenvalue weighted by Crippen LogP contribution is -2.45. The number of rotatable bonds is 8. The molecule has 34 heavy (non-hydrogen) atoms. The number of fused-ring (bicyclic) bond motifs is 1. The van der Waals surface area contributed by atoms with Gasteiger partial charge in [0.25, 0.3) is 0 Å². The van der Waals surface area contributed by atoms with Crippen molar-refractivity contribution in [3.63, 3.8) is 0 Å². The molecule has 3 atom stereocenters. The molecule has 0 bridgehead atoms. The maximum Gasteiger partial charge on any atom is 0.237 e. The minimum atomic E-state index is -1.23. The van der Waals surface area contributed by atoms with Gasteiger partial charge in [0.15, 0.2) is 0 Å². The number of amides is 3. The molecule has 1 aliphatic heterocycles. The summed E-state index contributed by atoms with van der Waals surface area (Å²) < 4.78 is 27.5. The zero-order valence-corrected chi connectivity index (χ0v) is 19.1. The van der Waals surface area contributed by atoms with Crippen LogP contribution in [-0.2, 0) is 14.4 Å². The Hall–Kier alpha value is -3.80. The molecule has 0 aliphatic carbocycles. The molecule has 0 spiro atoms. The fourth-order valence-corrected chi connectivity index (χ4v) is 4.03. The highest BCUT2D eigenvalue weighted by atomic mass is 19.1. The molecular formula is C25H26F2N4O3. The molecule has 1 heterocycles. The summed E-state index contributed by atoms with van der Waals surface area (Å²) in [5, 5.41) is 14.8. The fraction of sp³-hybridized carbons (Fsp3) is 0.360. The highest BCUT2D eigenvalue weighted by molar-refractivity contribution is 6.07. The molecule has 3 amide bonds. The number of hydrogen-bond donors (Lipinski definition) is 2. The van der Waals surface area contributed by atoms with Crippen LogP contribution in [0.25, 0.3) is 0 Å². The minimum Gasteiger partial charge on any atom is -0.329 e. The Kier molecular flexibility index (Phi) is 7.61. The first-order chi connectivity index (χ1) is 16.1. The van der Waals surface area contributed by atoms with Crippen LogP contribution < -0.4 is 10.6 Å². The molecular weight excluding hydrogens is 442 g/mol. The Labute approximate surface area is 196 Å². The van der Waals surface area contributed by atoms with Gasteiger partial charge in [0.2, 0.25) is 17.7 Å². The van der Waals surface area contributed by atoms with E-state index >= 15 is 0 Å². The van der Waals surface area contributed by atoms with Gasteiger partial charge >= 0.3 is 0 Å². The monoisotopic (exact) mass is 468 g/mol. The predicted octanol–water partition coefficient (Wildman–Crippen LogP) is 4.04. The number of nitrogens with one attached hydrogen (secondary N) is 2. The summed E-state index contributed by atoms with van der Waals surface area (Å²) >= 11 is 0. The van der Waals surface area contributed by atoms with Crippen molar-refractivity contribution in [1.82, 2.24) is 4.90 Å². The summed E-state index contributed by atoms with van der Waals surface area (Å²) in [6.45, 7) is 3.63. The van der Waals surface area contributed by atoms with E-state index in [1.165, 1.54) is 7.05 Å². The lowest BCUT2D eigenvalue weighted by atomic mass is 9.91. The van der Waals surface area contributed by atoms with Crippen LogP contribution >= 0.6 is 0 Å². The second kappa shape index (κ2) is 10.4. The van der Waals surface area contributed by atoms with Gasteiger partial charge in [-0.25, -0.2) is 8.78 Å².